The summed E-state index contributed by atoms with van der Waals surface area (Å²) in [5.74, 6) is 1.43. The quantitative estimate of drug-likeness (QED) is 0.461. The van der Waals surface area contributed by atoms with Gasteiger partial charge in [0, 0.05) is 32.0 Å². The molecule has 154 valence electrons. The third-order valence-electron chi connectivity index (χ3n) is 5.75. The highest BCUT2D eigenvalue weighted by molar-refractivity contribution is 7.18. The molecule has 2 aromatic heterocycles. The van der Waals surface area contributed by atoms with E-state index in [1.54, 1.807) is 11.3 Å². The highest BCUT2D eigenvalue weighted by Gasteiger charge is 2.25. The van der Waals surface area contributed by atoms with Gasteiger partial charge in [0.05, 0.1) is 26.3 Å². The minimum atomic E-state index is 0.0438. The predicted molar refractivity (Wildman–Crippen MR) is 121 cm³/mol. The smallest absolute Gasteiger partial charge is 0.317 e. The van der Waals surface area contributed by atoms with Crippen LogP contribution in [0.1, 0.15) is 36.0 Å². The molecule has 0 bridgehead atoms. The number of fused-ring (bicyclic) bond motifs is 2. The zero-order valence-corrected chi connectivity index (χ0v) is 17.6. The highest BCUT2D eigenvalue weighted by Crippen LogP contribution is 2.33. The van der Waals surface area contributed by atoms with Gasteiger partial charge in [-0.1, -0.05) is 24.3 Å². The SMILES string of the molecule is O=C(NCCCc1nc2ccccc2[nH]1)N1CCC(c2nc3ccccc3s2)CC1. The number of piperidine rings is 1. The number of thiazole rings is 1. The first-order valence-corrected chi connectivity index (χ1v) is 11.4. The Kier molecular flexibility index (Phi) is 5.36. The second-order valence-corrected chi connectivity index (χ2v) is 8.88. The van der Waals surface area contributed by atoms with Gasteiger partial charge in [-0.15, -0.1) is 11.3 Å². The summed E-state index contributed by atoms with van der Waals surface area (Å²) in [5, 5.41) is 4.28. The number of amides is 2. The number of urea groups is 1. The summed E-state index contributed by atoms with van der Waals surface area (Å²) >= 11 is 1.79. The fourth-order valence-electron chi connectivity index (χ4n) is 4.08. The Labute approximate surface area is 179 Å². The van der Waals surface area contributed by atoms with Crippen molar-refractivity contribution >= 4 is 38.6 Å². The zero-order chi connectivity index (χ0) is 20.3. The normalized spacial score (nSPS) is 15.1. The maximum atomic E-state index is 12.5. The van der Waals surface area contributed by atoms with Crippen molar-refractivity contribution in [2.45, 2.75) is 31.6 Å². The number of benzene rings is 2. The number of aryl methyl sites for hydroxylation is 1. The number of H-pyrrole nitrogens is 1. The molecule has 0 aliphatic carbocycles. The Balaban J connectivity index is 1.07. The lowest BCUT2D eigenvalue weighted by atomic mass is 9.98. The minimum Gasteiger partial charge on any atom is -0.342 e. The second-order valence-electron chi connectivity index (χ2n) is 7.82. The van der Waals surface area contributed by atoms with Crippen LogP contribution >= 0.6 is 11.3 Å². The van der Waals surface area contributed by atoms with E-state index in [2.05, 4.69) is 33.5 Å². The fourth-order valence-corrected chi connectivity index (χ4v) is 5.22. The standard InChI is InChI=1S/C23H25N5OS/c29-23(24-13-5-10-21-25-17-6-1-2-7-18(17)26-21)28-14-11-16(12-15-28)22-27-19-8-3-4-9-20(19)30-22/h1-4,6-9,16H,5,10-15H2,(H,24,29)(H,25,26). The molecule has 0 radical (unpaired) electrons. The molecule has 2 N–H and O–H groups in total. The number of aromatic nitrogens is 3. The van der Waals surface area contributed by atoms with Crippen LogP contribution in [0.2, 0.25) is 0 Å². The van der Waals surface area contributed by atoms with Crippen LogP contribution in [0.5, 0.6) is 0 Å². The molecule has 1 aliphatic rings. The van der Waals surface area contributed by atoms with E-state index in [9.17, 15) is 4.79 Å². The van der Waals surface area contributed by atoms with Gasteiger partial charge in [-0.05, 0) is 43.5 Å². The van der Waals surface area contributed by atoms with Crippen LogP contribution in [0.3, 0.4) is 0 Å². The van der Waals surface area contributed by atoms with Crippen molar-refractivity contribution in [3.05, 3.63) is 59.4 Å². The lowest BCUT2D eigenvalue weighted by molar-refractivity contribution is 0.181. The number of hydrogen-bond donors (Lipinski definition) is 2. The predicted octanol–water partition coefficient (Wildman–Crippen LogP) is 4.69. The number of aromatic amines is 1. The fraction of sp³-hybridized carbons (Fsp3) is 0.348. The van der Waals surface area contributed by atoms with E-state index >= 15 is 0 Å². The molecular weight excluding hydrogens is 394 g/mol. The largest absolute Gasteiger partial charge is 0.342 e. The third kappa shape index (κ3) is 4.03. The van der Waals surface area contributed by atoms with E-state index in [1.165, 1.54) is 9.71 Å². The van der Waals surface area contributed by atoms with Crippen LogP contribution in [0.15, 0.2) is 48.5 Å². The van der Waals surface area contributed by atoms with Gasteiger partial charge in [-0.25, -0.2) is 14.8 Å². The average molecular weight is 420 g/mol. The Morgan fingerprint density at radius 3 is 2.63 bits per heavy atom. The van der Waals surface area contributed by atoms with Gasteiger partial charge in [-0.3, -0.25) is 0 Å². The van der Waals surface area contributed by atoms with Gasteiger partial charge >= 0.3 is 6.03 Å². The summed E-state index contributed by atoms with van der Waals surface area (Å²) < 4.78 is 1.25. The molecule has 2 aromatic carbocycles. The molecule has 1 saturated heterocycles. The molecule has 7 heteroatoms. The van der Waals surface area contributed by atoms with Crippen molar-refractivity contribution in [2.75, 3.05) is 19.6 Å². The average Bonchev–Trinajstić information content (AvgIpc) is 3.40. The molecule has 3 heterocycles. The van der Waals surface area contributed by atoms with Crippen molar-refractivity contribution in [1.29, 1.82) is 0 Å². The Morgan fingerprint density at radius 2 is 1.83 bits per heavy atom. The molecule has 4 aromatic rings. The van der Waals surface area contributed by atoms with Gasteiger partial charge in [0.25, 0.3) is 0 Å². The Morgan fingerprint density at radius 1 is 1.07 bits per heavy atom. The number of carbonyl (C=O) groups excluding carboxylic acids is 1. The number of hydrogen-bond acceptors (Lipinski definition) is 4. The van der Waals surface area contributed by atoms with Crippen molar-refractivity contribution < 1.29 is 4.79 Å². The van der Waals surface area contributed by atoms with Crippen LogP contribution in [-0.2, 0) is 6.42 Å². The maximum Gasteiger partial charge on any atom is 0.317 e. The van der Waals surface area contributed by atoms with Gasteiger partial charge in [0.2, 0.25) is 0 Å². The molecule has 0 saturated carbocycles. The van der Waals surface area contributed by atoms with Crippen LogP contribution in [0.4, 0.5) is 4.79 Å². The van der Waals surface area contributed by atoms with Gasteiger partial charge in [0.1, 0.15) is 5.82 Å². The van der Waals surface area contributed by atoms with Gasteiger partial charge in [0.15, 0.2) is 0 Å². The first-order valence-electron chi connectivity index (χ1n) is 10.6. The van der Waals surface area contributed by atoms with Crippen LogP contribution < -0.4 is 5.32 Å². The van der Waals surface area contributed by atoms with Crippen molar-refractivity contribution in [2.24, 2.45) is 0 Å². The van der Waals surface area contributed by atoms with Crippen molar-refractivity contribution in [3.63, 3.8) is 0 Å². The molecule has 1 aliphatic heterocycles. The first kappa shape index (κ1) is 19.1. The number of likely N-dealkylation sites (tertiary alicyclic amines) is 1. The molecule has 0 atom stereocenters. The lowest BCUT2D eigenvalue weighted by Crippen LogP contribution is -2.44. The van der Waals surface area contributed by atoms with E-state index in [0.717, 1.165) is 61.1 Å². The van der Waals surface area contributed by atoms with E-state index in [0.29, 0.717) is 12.5 Å². The summed E-state index contributed by atoms with van der Waals surface area (Å²) in [7, 11) is 0. The molecular formula is C23H25N5OS. The van der Waals surface area contributed by atoms with Gasteiger partial charge < -0.3 is 15.2 Å². The number of para-hydroxylation sites is 3. The summed E-state index contributed by atoms with van der Waals surface area (Å²) in [5.41, 5.74) is 3.14. The summed E-state index contributed by atoms with van der Waals surface area (Å²) in [6.07, 6.45) is 3.65. The van der Waals surface area contributed by atoms with E-state index < -0.39 is 0 Å². The number of carbonyl (C=O) groups is 1. The number of imidazole rings is 1. The molecule has 0 spiro atoms. The highest BCUT2D eigenvalue weighted by atomic mass is 32.1. The van der Waals surface area contributed by atoms with Crippen LogP contribution in [0, 0.1) is 0 Å². The minimum absolute atomic E-state index is 0.0438. The van der Waals surface area contributed by atoms with Gasteiger partial charge in [-0.2, -0.15) is 0 Å². The van der Waals surface area contributed by atoms with Crippen molar-refractivity contribution in [3.8, 4) is 0 Å². The second kappa shape index (κ2) is 8.44. The van der Waals surface area contributed by atoms with E-state index in [-0.39, 0.29) is 6.03 Å². The molecule has 0 unspecified atom stereocenters. The maximum absolute atomic E-state index is 12.5. The number of nitrogens with zero attached hydrogens (tertiary/aromatic N) is 3. The third-order valence-corrected chi connectivity index (χ3v) is 6.95. The molecule has 30 heavy (non-hydrogen) atoms. The number of nitrogens with one attached hydrogen (secondary N) is 2. The molecule has 2 amide bonds. The van der Waals surface area contributed by atoms with Crippen LogP contribution in [0.25, 0.3) is 21.3 Å². The zero-order valence-electron chi connectivity index (χ0n) is 16.8. The Hall–Kier alpha value is -2.93. The topological polar surface area (TPSA) is 73.9 Å². The summed E-state index contributed by atoms with van der Waals surface area (Å²) in [6, 6.07) is 16.4. The Bertz CT molecular complexity index is 1090. The number of rotatable bonds is 5. The lowest BCUT2D eigenvalue weighted by Gasteiger charge is -2.31. The molecule has 1 fully saturated rings. The molecule has 5 rings (SSSR count). The van der Waals surface area contributed by atoms with E-state index in [4.69, 9.17) is 4.98 Å². The molecule has 6 nitrogen and oxygen atoms in total. The van der Waals surface area contributed by atoms with E-state index in [1.807, 2.05) is 35.2 Å². The van der Waals surface area contributed by atoms with Crippen LogP contribution in [-0.4, -0.2) is 45.5 Å². The summed E-state index contributed by atoms with van der Waals surface area (Å²) in [6.45, 7) is 2.24. The first-order chi connectivity index (χ1) is 14.8. The monoisotopic (exact) mass is 419 g/mol. The summed E-state index contributed by atoms with van der Waals surface area (Å²) in [4.78, 5) is 27.2. The van der Waals surface area contributed by atoms with Crippen molar-refractivity contribution in [1.82, 2.24) is 25.2 Å².